The van der Waals surface area contributed by atoms with Crippen molar-refractivity contribution in [3.8, 4) is 6.07 Å². The largest absolute Gasteiger partial charge is 0.401 e. The van der Waals surface area contributed by atoms with Crippen molar-refractivity contribution in [3.05, 3.63) is 0 Å². The average molecular weight is 276 g/mol. The molecule has 0 aromatic rings. The number of hydrogen-bond donors (Lipinski definition) is 1. The smallest absolute Gasteiger partial charge is 0.312 e. The molecule has 2 fully saturated rings. The van der Waals surface area contributed by atoms with Gasteiger partial charge in [0.25, 0.3) is 0 Å². The summed E-state index contributed by atoms with van der Waals surface area (Å²) < 4.78 is 36.8. The van der Waals surface area contributed by atoms with Gasteiger partial charge in [0.15, 0.2) is 0 Å². The van der Waals surface area contributed by atoms with Gasteiger partial charge in [0, 0.05) is 32.7 Å². The van der Waals surface area contributed by atoms with Crippen molar-refractivity contribution in [1.29, 1.82) is 5.26 Å². The predicted octanol–water partition coefficient (Wildman–Crippen LogP) is 0.797. The third kappa shape index (κ3) is 4.06. The van der Waals surface area contributed by atoms with Crippen LogP contribution in [0.5, 0.6) is 0 Å². The molecule has 1 atom stereocenters. The number of rotatable bonds is 4. The van der Waals surface area contributed by atoms with E-state index >= 15 is 0 Å². The van der Waals surface area contributed by atoms with E-state index in [1.807, 2.05) is 4.90 Å². The summed E-state index contributed by atoms with van der Waals surface area (Å²) in [5.41, 5.74) is 5.25. The molecule has 1 aliphatic carbocycles. The molecule has 0 spiro atoms. The van der Waals surface area contributed by atoms with E-state index < -0.39 is 18.3 Å². The Morgan fingerprint density at radius 1 is 1.05 bits per heavy atom. The third-order valence-corrected chi connectivity index (χ3v) is 3.87. The van der Waals surface area contributed by atoms with Crippen LogP contribution in [-0.4, -0.2) is 60.8 Å². The Hall–Kier alpha value is -0.840. The van der Waals surface area contributed by atoms with Crippen LogP contribution < -0.4 is 5.73 Å². The monoisotopic (exact) mass is 276 g/mol. The van der Waals surface area contributed by atoms with Crippen molar-refractivity contribution >= 4 is 0 Å². The Balaban J connectivity index is 1.79. The summed E-state index contributed by atoms with van der Waals surface area (Å²) in [6, 6.07) is 2.18. The van der Waals surface area contributed by atoms with Gasteiger partial charge in [-0.2, -0.15) is 18.4 Å². The zero-order valence-corrected chi connectivity index (χ0v) is 10.8. The van der Waals surface area contributed by atoms with Gasteiger partial charge in [-0.25, -0.2) is 0 Å². The molecule has 0 aromatic carbocycles. The fourth-order valence-electron chi connectivity index (χ4n) is 2.58. The maximum atomic E-state index is 12.3. The maximum absolute atomic E-state index is 12.3. The van der Waals surface area contributed by atoms with Gasteiger partial charge in [-0.3, -0.25) is 9.80 Å². The molecule has 1 heterocycles. The highest BCUT2D eigenvalue weighted by Gasteiger charge is 2.44. The summed E-state index contributed by atoms with van der Waals surface area (Å²) in [6.07, 6.45) is -2.17. The molecular formula is C12H19F3N4. The zero-order valence-electron chi connectivity index (χ0n) is 10.8. The van der Waals surface area contributed by atoms with Crippen LogP contribution in [-0.2, 0) is 0 Å². The Kier molecular flexibility index (Phi) is 4.04. The second kappa shape index (κ2) is 5.27. The third-order valence-electron chi connectivity index (χ3n) is 3.87. The lowest BCUT2D eigenvalue weighted by molar-refractivity contribution is -0.149. The average Bonchev–Trinajstić information content (AvgIpc) is 3.14. The Morgan fingerprint density at radius 3 is 1.89 bits per heavy atom. The standard InChI is InChI=1S/C12H19F3N4/c13-12(14,15)9-19-5-3-18(4-6-19)8-11(17,7-16)10-1-2-10/h10H,1-6,8-9,17H2. The molecule has 0 aromatic heterocycles. The van der Waals surface area contributed by atoms with Crippen molar-refractivity contribution in [3.63, 3.8) is 0 Å². The molecule has 2 rings (SSSR count). The normalized spacial score (nSPS) is 25.8. The maximum Gasteiger partial charge on any atom is 0.401 e. The first-order chi connectivity index (χ1) is 8.82. The number of nitriles is 1. The van der Waals surface area contributed by atoms with Crippen LogP contribution in [0.25, 0.3) is 0 Å². The van der Waals surface area contributed by atoms with Gasteiger partial charge in [0.1, 0.15) is 5.54 Å². The van der Waals surface area contributed by atoms with Crippen LogP contribution in [0.3, 0.4) is 0 Å². The summed E-state index contributed by atoms with van der Waals surface area (Å²) >= 11 is 0. The summed E-state index contributed by atoms with van der Waals surface area (Å²) in [6.45, 7) is 1.47. The van der Waals surface area contributed by atoms with Crippen LogP contribution in [0.2, 0.25) is 0 Å². The summed E-state index contributed by atoms with van der Waals surface area (Å²) in [5, 5.41) is 9.17. The second-order valence-electron chi connectivity index (χ2n) is 5.59. The fourth-order valence-corrected chi connectivity index (χ4v) is 2.58. The van der Waals surface area contributed by atoms with Crippen molar-refractivity contribution in [1.82, 2.24) is 9.80 Å². The lowest BCUT2D eigenvalue weighted by Crippen LogP contribution is -2.56. The molecule has 1 aliphatic heterocycles. The number of nitrogens with zero attached hydrogens (tertiary/aromatic N) is 3. The van der Waals surface area contributed by atoms with Crippen molar-refractivity contribution < 1.29 is 13.2 Å². The van der Waals surface area contributed by atoms with Crippen LogP contribution in [0.1, 0.15) is 12.8 Å². The molecule has 0 bridgehead atoms. The van der Waals surface area contributed by atoms with Crippen LogP contribution in [0.4, 0.5) is 13.2 Å². The molecule has 2 aliphatic rings. The molecule has 1 saturated heterocycles. The van der Waals surface area contributed by atoms with Gasteiger partial charge >= 0.3 is 6.18 Å². The first-order valence-corrected chi connectivity index (χ1v) is 6.54. The van der Waals surface area contributed by atoms with Crippen molar-refractivity contribution in [2.75, 3.05) is 39.3 Å². The molecule has 7 heteroatoms. The first kappa shape index (κ1) is 14.6. The van der Waals surface area contributed by atoms with Crippen molar-refractivity contribution in [2.45, 2.75) is 24.6 Å². The van der Waals surface area contributed by atoms with Crippen LogP contribution >= 0.6 is 0 Å². The van der Waals surface area contributed by atoms with Gasteiger partial charge in [-0.1, -0.05) is 0 Å². The van der Waals surface area contributed by atoms with Gasteiger partial charge in [0.2, 0.25) is 0 Å². The van der Waals surface area contributed by atoms with E-state index in [9.17, 15) is 18.4 Å². The van der Waals surface area contributed by atoms with E-state index in [-0.39, 0.29) is 5.92 Å². The minimum atomic E-state index is -4.14. The fraction of sp³-hybridized carbons (Fsp3) is 0.917. The van der Waals surface area contributed by atoms with E-state index in [0.29, 0.717) is 32.7 Å². The Labute approximate surface area is 110 Å². The second-order valence-corrected chi connectivity index (χ2v) is 5.59. The molecule has 0 amide bonds. The molecule has 1 saturated carbocycles. The van der Waals surface area contributed by atoms with Gasteiger partial charge < -0.3 is 5.73 Å². The number of piperazine rings is 1. The highest BCUT2D eigenvalue weighted by Crippen LogP contribution is 2.38. The van der Waals surface area contributed by atoms with E-state index in [1.165, 1.54) is 4.90 Å². The highest BCUT2D eigenvalue weighted by molar-refractivity contribution is 5.14. The van der Waals surface area contributed by atoms with Gasteiger partial charge in [-0.15, -0.1) is 0 Å². The minimum Gasteiger partial charge on any atom is -0.312 e. The van der Waals surface area contributed by atoms with E-state index in [1.54, 1.807) is 0 Å². The lowest BCUT2D eigenvalue weighted by atomic mass is 9.95. The van der Waals surface area contributed by atoms with Crippen LogP contribution in [0.15, 0.2) is 0 Å². The molecule has 108 valence electrons. The number of nitrogens with two attached hydrogens (primary N) is 1. The number of hydrogen-bond acceptors (Lipinski definition) is 4. The quantitative estimate of drug-likeness (QED) is 0.825. The predicted molar refractivity (Wildman–Crippen MR) is 64.2 cm³/mol. The zero-order chi connectivity index (χ0) is 14.1. The molecule has 2 N–H and O–H groups in total. The number of halogens is 3. The van der Waals surface area contributed by atoms with Crippen LogP contribution in [0, 0.1) is 17.2 Å². The summed E-state index contributed by atoms with van der Waals surface area (Å²) in [7, 11) is 0. The van der Waals surface area contributed by atoms with E-state index in [2.05, 4.69) is 6.07 Å². The van der Waals surface area contributed by atoms with E-state index in [4.69, 9.17) is 5.73 Å². The summed E-state index contributed by atoms with van der Waals surface area (Å²) in [4.78, 5) is 3.41. The topological polar surface area (TPSA) is 56.3 Å². The van der Waals surface area contributed by atoms with Gasteiger partial charge in [-0.05, 0) is 18.8 Å². The first-order valence-electron chi connectivity index (χ1n) is 6.54. The molecular weight excluding hydrogens is 257 g/mol. The Bertz CT molecular complexity index is 353. The summed E-state index contributed by atoms with van der Waals surface area (Å²) in [5.74, 6) is 0.255. The molecule has 1 unspecified atom stereocenters. The van der Waals surface area contributed by atoms with Gasteiger partial charge in [0.05, 0.1) is 12.6 Å². The highest BCUT2D eigenvalue weighted by atomic mass is 19.4. The van der Waals surface area contributed by atoms with E-state index in [0.717, 1.165) is 12.8 Å². The SMILES string of the molecule is N#CC(N)(CN1CCN(CC(F)(F)F)CC1)C1CC1. The minimum absolute atomic E-state index is 0.255. The molecule has 4 nitrogen and oxygen atoms in total. The molecule has 19 heavy (non-hydrogen) atoms. The number of alkyl halides is 3. The lowest BCUT2D eigenvalue weighted by Gasteiger charge is -2.38. The van der Waals surface area contributed by atoms with Crippen molar-refractivity contribution in [2.24, 2.45) is 11.7 Å². The molecule has 0 radical (unpaired) electrons. The Morgan fingerprint density at radius 2 is 1.53 bits per heavy atom.